The number of phenols is 1. The Morgan fingerprint density at radius 2 is 2.23 bits per heavy atom. The first kappa shape index (κ1) is 16.0. The predicted molar refractivity (Wildman–Crippen MR) is 93.2 cm³/mol. The van der Waals surface area contributed by atoms with Crippen LogP contribution in [0.25, 0.3) is 11.4 Å². The lowest BCUT2D eigenvalue weighted by Gasteiger charge is -2.15. The van der Waals surface area contributed by atoms with Gasteiger partial charge in [0.25, 0.3) is 0 Å². The molecule has 1 aromatic carbocycles. The number of pyridine rings is 1. The Morgan fingerprint density at radius 1 is 1.31 bits per heavy atom. The summed E-state index contributed by atoms with van der Waals surface area (Å²) in [6, 6.07) is 8.79. The van der Waals surface area contributed by atoms with Gasteiger partial charge in [-0.3, -0.25) is 4.79 Å². The van der Waals surface area contributed by atoms with Gasteiger partial charge in [-0.25, -0.2) is 4.98 Å². The SMILES string of the molecule is O=C(CNc1ccc(-c2nn[nH]n2)cn1)NC1CCc2ccc(O)cc21. The number of hydrogen-bond acceptors (Lipinski definition) is 7. The van der Waals surface area contributed by atoms with Crippen LogP contribution in [0.4, 0.5) is 5.82 Å². The lowest BCUT2D eigenvalue weighted by atomic mass is 10.1. The monoisotopic (exact) mass is 351 g/mol. The molecule has 1 atom stereocenters. The topological polar surface area (TPSA) is 129 Å². The van der Waals surface area contributed by atoms with Crippen molar-refractivity contribution in [2.45, 2.75) is 18.9 Å². The Labute approximate surface area is 148 Å². The van der Waals surface area contributed by atoms with E-state index in [0.717, 1.165) is 24.0 Å². The fraction of sp³-hybridized carbons (Fsp3) is 0.235. The molecule has 0 radical (unpaired) electrons. The molecule has 4 N–H and O–H groups in total. The van der Waals surface area contributed by atoms with Gasteiger partial charge in [-0.15, -0.1) is 10.2 Å². The summed E-state index contributed by atoms with van der Waals surface area (Å²) in [5.41, 5.74) is 2.89. The van der Waals surface area contributed by atoms with Crippen LogP contribution in [0.15, 0.2) is 36.5 Å². The number of anilines is 1. The summed E-state index contributed by atoms with van der Waals surface area (Å²) in [5, 5.41) is 29.3. The molecule has 9 nitrogen and oxygen atoms in total. The number of aromatic amines is 1. The van der Waals surface area contributed by atoms with Crippen molar-refractivity contribution in [3.63, 3.8) is 0 Å². The number of tetrazole rings is 1. The van der Waals surface area contributed by atoms with Crippen LogP contribution in [0.5, 0.6) is 5.75 Å². The number of aryl methyl sites for hydroxylation is 1. The van der Waals surface area contributed by atoms with Gasteiger partial charge in [0, 0.05) is 11.8 Å². The number of nitrogens with zero attached hydrogens (tertiary/aromatic N) is 4. The summed E-state index contributed by atoms with van der Waals surface area (Å²) in [6.07, 6.45) is 3.34. The first-order chi connectivity index (χ1) is 12.7. The van der Waals surface area contributed by atoms with Crippen LogP contribution >= 0.6 is 0 Å². The fourth-order valence-corrected chi connectivity index (χ4v) is 3.07. The zero-order chi connectivity index (χ0) is 17.9. The van der Waals surface area contributed by atoms with E-state index < -0.39 is 0 Å². The van der Waals surface area contributed by atoms with E-state index in [1.807, 2.05) is 6.07 Å². The maximum Gasteiger partial charge on any atom is 0.239 e. The molecule has 3 aromatic rings. The number of H-pyrrole nitrogens is 1. The molecule has 0 saturated heterocycles. The summed E-state index contributed by atoms with van der Waals surface area (Å²) in [5.74, 6) is 1.13. The Bertz CT molecular complexity index is 909. The van der Waals surface area contributed by atoms with E-state index in [4.69, 9.17) is 0 Å². The van der Waals surface area contributed by atoms with Crippen LogP contribution in [-0.4, -0.2) is 43.2 Å². The van der Waals surface area contributed by atoms with Gasteiger partial charge in [0.15, 0.2) is 0 Å². The van der Waals surface area contributed by atoms with Crippen molar-refractivity contribution in [3.05, 3.63) is 47.7 Å². The number of aromatic nitrogens is 5. The fourth-order valence-electron chi connectivity index (χ4n) is 3.07. The van der Waals surface area contributed by atoms with E-state index in [9.17, 15) is 9.90 Å². The van der Waals surface area contributed by atoms with E-state index in [1.54, 1.807) is 30.5 Å². The van der Waals surface area contributed by atoms with Crippen molar-refractivity contribution in [1.29, 1.82) is 0 Å². The van der Waals surface area contributed by atoms with Crippen molar-refractivity contribution in [3.8, 4) is 17.1 Å². The van der Waals surface area contributed by atoms with Crippen molar-refractivity contribution in [2.75, 3.05) is 11.9 Å². The van der Waals surface area contributed by atoms with Gasteiger partial charge in [-0.2, -0.15) is 5.21 Å². The van der Waals surface area contributed by atoms with Crippen LogP contribution in [-0.2, 0) is 11.2 Å². The molecule has 4 rings (SSSR count). The number of hydrogen-bond donors (Lipinski definition) is 4. The molecule has 0 fully saturated rings. The number of aromatic hydroxyl groups is 1. The maximum atomic E-state index is 12.2. The van der Waals surface area contributed by atoms with E-state index in [1.165, 1.54) is 5.56 Å². The molecule has 2 aromatic heterocycles. The number of benzene rings is 1. The standard InChI is InChI=1S/C17H17N7O2/c25-12-4-1-10-2-5-14(13(10)7-12)20-16(26)9-19-15-6-3-11(8-18-15)17-21-23-24-22-17/h1,3-4,6-8,14,25H,2,5,9H2,(H,18,19)(H,20,26)(H,21,22,23,24). The first-order valence-electron chi connectivity index (χ1n) is 8.24. The average molecular weight is 351 g/mol. The average Bonchev–Trinajstić information content (AvgIpc) is 3.31. The minimum atomic E-state index is -0.129. The molecule has 0 aliphatic heterocycles. The molecule has 0 saturated carbocycles. The summed E-state index contributed by atoms with van der Waals surface area (Å²) in [7, 11) is 0. The number of nitrogens with one attached hydrogen (secondary N) is 3. The summed E-state index contributed by atoms with van der Waals surface area (Å²) < 4.78 is 0. The Kier molecular flexibility index (Phi) is 4.18. The summed E-state index contributed by atoms with van der Waals surface area (Å²) in [4.78, 5) is 16.5. The van der Waals surface area contributed by atoms with Gasteiger partial charge >= 0.3 is 0 Å². The Hall–Kier alpha value is -3.49. The Balaban J connectivity index is 1.33. The zero-order valence-corrected chi connectivity index (χ0v) is 13.8. The van der Waals surface area contributed by atoms with Crippen molar-refractivity contribution in [2.24, 2.45) is 0 Å². The van der Waals surface area contributed by atoms with Gasteiger partial charge in [0.1, 0.15) is 11.6 Å². The lowest BCUT2D eigenvalue weighted by molar-refractivity contribution is -0.120. The second kappa shape index (κ2) is 6.79. The van der Waals surface area contributed by atoms with Crippen molar-refractivity contribution >= 4 is 11.7 Å². The van der Waals surface area contributed by atoms with E-state index in [-0.39, 0.29) is 24.2 Å². The Morgan fingerprint density at radius 3 is 3.00 bits per heavy atom. The van der Waals surface area contributed by atoms with E-state index in [0.29, 0.717) is 11.6 Å². The highest BCUT2D eigenvalue weighted by molar-refractivity contribution is 5.81. The van der Waals surface area contributed by atoms with Gasteiger partial charge in [-0.05, 0) is 53.4 Å². The zero-order valence-electron chi connectivity index (χ0n) is 13.8. The smallest absolute Gasteiger partial charge is 0.239 e. The van der Waals surface area contributed by atoms with E-state index in [2.05, 4.69) is 36.2 Å². The molecule has 1 aliphatic carbocycles. The highest BCUT2D eigenvalue weighted by Crippen LogP contribution is 2.33. The third kappa shape index (κ3) is 3.32. The minimum Gasteiger partial charge on any atom is -0.508 e. The molecule has 1 aliphatic rings. The summed E-state index contributed by atoms with van der Waals surface area (Å²) >= 11 is 0. The second-order valence-electron chi connectivity index (χ2n) is 6.06. The van der Waals surface area contributed by atoms with Gasteiger partial charge in [0.05, 0.1) is 12.6 Å². The molecular formula is C17H17N7O2. The quantitative estimate of drug-likeness (QED) is 0.543. The predicted octanol–water partition coefficient (Wildman–Crippen LogP) is 1.18. The summed E-state index contributed by atoms with van der Waals surface area (Å²) in [6.45, 7) is 0.110. The van der Waals surface area contributed by atoms with Crippen LogP contribution in [0, 0.1) is 0 Å². The normalized spacial score (nSPS) is 15.5. The van der Waals surface area contributed by atoms with Crippen LogP contribution in [0.1, 0.15) is 23.6 Å². The second-order valence-corrected chi connectivity index (χ2v) is 6.06. The number of carbonyl (C=O) groups is 1. The van der Waals surface area contributed by atoms with E-state index >= 15 is 0 Å². The van der Waals surface area contributed by atoms with Gasteiger partial charge in [0.2, 0.25) is 11.7 Å². The molecule has 1 amide bonds. The maximum absolute atomic E-state index is 12.2. The minimum absolute atomic E-state index is 0.0695. The van der Waals surface area contributed by atoms with Gasteiger partial charge in [-0.1, -0.05) is 6.07 Å². The molecule has 9 heteroatoms. The van der Waals surface area contributed by atoms with Crippen LogP contribution in [0.3, 0.4) is 0 Å². The number of amides is 1. The molecule has 2 heterocycles. The molecule has 1 unspecified atom stereocenters. The van der Waals surface area contributed by atoms with Crippen molar-refractivity contribution < 1.29 is 9.90 Å². The third-order valence-corrected chi connectivity index (χ3v) is 4.34. The molecule has 26 heavy (non-hydrogen) atoms. The number of carbonyl (C=O) groups excluding carboxylic acids is 1. The largest absolute Gasteiger partial charge is 0.508 e. The number of phenolic OH excluding ortho intramolecular Hbond substituents is 1. The third-order valence-electron chi connectivity index (χ3n) is 4.34. The van der Waals surface area contributed by atoms with Crippen molar-refractivity contribution in [1.82, 2.24) is 30.9 Å². The molecular weight excluding hydrogens is 334 g/mol. The van der Waals surface area contributed by atoms with Crippen LogP contribution < -0.4 is 10.6 Å². The van der Waals surface area contributed by atoms with Gasteiger partial charge < -0.3 is 15.7 Å². The highest BCUT2D eigenvalue weighted by Gasteiger charge is 2.24. The lowest BCUT2D eigenvalue weighted by Crippen LogP contribution is -2.32. The van der Waals surface area contributed by atoms with Crippen LogP contribution in [0.2, 0.25) is 0 Å². The highest BCUT2D eigenvalue weighted by atomic mass is 16.3. The first-order valence-corrected chi connectivity index (χ1v) is 8.24. The molecule has 0 bridgehead atoms. The number of fused-ring (bicyclic) bond motifs is 1. The molecule has 0 spiro atoms. The number of rotatable bonds is 5. The molecule has 132 valence electrons.